The van der Waals surface area contributed by atoms with Crippen LogP contribution in [0, 0.1) is 0 Å². The predicted molar refractivity (Wildman–Crippen MR) is 240 cm³/mol. The van der Waals surface area contributed by atoms with E-state index in [2.05, 4.69) is 28.5 Å². The Labute approximate surface area is 410 Å². The van der Waals surface area contributed by atoms with Gasteiger partial charge in [0.1, 0.15) is 33.0 Å². The molecule has 0 saturated heterocycles. The molecule has 1 aromatic rings. The number of alkyl carbamates (subject to hydrolysis) is 2. The third-order valence-electron chi connectivity index (χ3n) is 8.25. The number of amides is 2. The average molecular weight is 1090 g/mol. The fourth-order valence-corrected chi connectivity index (χ4v) is 6.15. The van der Waals surface area contributed by atoms with Gasteiger partial charge >= 0.3 is 71.2 Å². The van der Waals surface area contributed by atoms with Crippen molar-refractivity contribution in [2.45, 2.75) is 98.1 Å². The van der Waals surface area contributed by atoms with Crippen molar-refractivity contribution in [1.29, 1.82) is 0 Å². The summed E-state index contributed by atoms with van der Waals surface area (Å²) in [4.78, 5) is 86.1. The van der Waals surface area contributed by atoms with Gasteiger partial charge in [0, 0.05) is 55.8 Å². The molecule has 0 aliphatic heterocycles. The lowest BCUT2D eigenvalue weighted by Gasteiger charge is -2.34. The molecule has 0 fully saturated rings. The molecule has 0 spiro atoms. The first-order valence-electron chi connectivity index (χ1n) is 20.3. The number of rotatable bonds is 35. The summed E-state index contributed by atoms with van der Waals surface area (Å²) in [6.45, 7) is 4.56. The summed E-state index contributed by atoms with van der Waals surface area (Å²) >= 11 is 2.17. The molecule has 0 unspecified atom stereocenters. The van der Waals surface area contributed by atoms with Crippen molar-refractivity contribution in [3.05, 3.63) is 55.8 Å². The number of esters is 2. The molecule has 0 atom stereocenters. The van der Waals surface area contributed by atoms with Crippen LogP contribution in [0.4, 0.5) is 53.5 Å². The molecule has 1 aromatic heterocycles. The molecule has 1 heterocycles. The highest BCUT2D eigenvalue weighted by Gasteiger charge is 2.75. The van der Waals surface area contributed by atoms with Crippen LogP contribution in [0.1, 0.15) is 48.5 Å². The first-order chi connectivity index (χ1) is 32.0. The summed E-state index contributed by atoms with van der Waals surface area (Å²) in [5.74, 6) is -19.5. The summed E-state index contributed by atoms with van der Waals surface area (Å²) < 4.78 is 172. The second-order valence-electron chi connectivity index (χ2n) is 14.2. The molecule has 412 valence electrons. The number of hydrogen-bond donors (Lipinski definition) is 2. The Morgan fingerprint density at radius 2 is 0.930 bits per heavy atom. The van der Waals surface area contributed by atoms with Gasteiger partial charge in [-0.2, -0.15) is 67.4 Å². The fraction of sp³-hybridized carbons (Fsp3) is 0.725. The van der Waals surface area contributed by atoms with Gasteiger partial charge < -0.3 is 39.1 Å². The minimum absolute atomic E-state index is 0. The zero-order valence-corrected chi connectivity index (χ0v) is 39.1. The van der Waals surface area contributed by atoms with Crippen LogP contribution < -0.4 is 27.7 Å². The van der Waals surface area contributed by atoms with Gasteiger partial charge in [-0.3, -0.25) is 0 Å². The Morgan fingerprint density at radius 1 is 0.549 bits per heavy atom. The molecule has 19 nitrogen and oxygen atoms in total. The van der Waals surface area contributed by atoms with Crippen LogP contribution in [0.15, 0.2) is 38.7 Å². The van der Waals surface area contributed by atoms with Gasteiger partial charge in [-0.1, -0.05) is 28.0 Å². The molecule has 2 amide bonds. The molecule has 1 rings (SSSR count). The van der Waals surface area contributed by atoms with Crippen LogP contribution in [0.25, 0.3) is 0 Å². The molecule has 31 heteroatoms. The number of thioether (sulfide) groups is 2. The largest absolute Gasteiger partial charge is 0.460 e. The monoisotopic (exact) mass is 1090 g/mol. The lowest BCUT2D eigenvalue weighted by atomic mass is 10.2. The first kappa shape index (κ1) is 68.3. The zero-order valence-electron chi connectivity index (χ0n) is 37.5. The molecule has 0 bridgehead atoms. The van der Waals surface area contributed by atoms with Crippen molar-refractivity contribution in [2.24, 2.45) is 0 Å². The maximum Gasteiger partial charge on any atom is 0.430 e. The molecular formula is C40H61F10N5O14S2. The normalized spacial score (nSPS) is 12.0. The molecule has 0 aliphatic carbocycles. The average Bonchev–Trinajstić information content (AvgIpc) is 3.24. The van der Waals surface area contributed by atoms with Crippen LogP contribution in [0.5, 0.6) is 0 Å². The Hall–Kier alpha value is -4.75. The number of halogens is 10. The van der Waals surface area contributed by atoms with Gasteiger partial charge in [0.05, 0.1) is 26.4 Å². The Bertz CT molecular complexity index is 1950. The van der Waals surface area contributed by atoms with E-state index in [1.165, 1.54) is 13.8 Å². The number of aromatic nitrogens is 3. The van der Waals surface area contributed by atoms with Crippen LogP contribution in [0.2, 0.25) is 0 Å². The maximum absolute atomic E-state index is 15.0. The molecule has 0 saturated carbocycles. The van der Waals surface area contributed by atoms with Crippen molar-refractivity contribution in [1.82, 2.24) is 24.3 Å². The van der Waals surface area contributed by atoms with E-state index in [9.17, 15) is 77.5 Å². The maximum atomic E-state index is 15.0. The SMILES string of the molecule is C.C.C=C(C)C(=O)OCCOCCNC(=O)OCCSCCCn1c(=O)n(CCCSCCOC(=O)NCCOCCOC(=O)C(=C)C)c(=O)n(CC(F)(F)C(F)(F)OC(F)(F)C(F)(F)C(C)(F)F)c1=O. The van der Waals surface area contributed by atoms with E-state index in [0.717, 1.165) is 23.5 Å². The predicted octanol–water partition coefficient (Wildman–Crippen LogP) is 5.54. The van der Waals surface area contributed by atoms with E-state index in [0.29, 0.717) is 0 Å². The number of alkyl halides is 10. The minimum Gasteiger partial charge on any atom is -0.460 e. The minimum atomic E-state index is -6.93. The van der Waals surface area contributed by atoms with Crippen molar-refractivity contribution in [3.63, 3.8) is 0 Å². The van der Waals surface area contributed by atoms with Crippen LogP contribution in [-0.2, 0) is 62.4 Å². The molecule has 0 aliphatic rings. The number of carbonyl (C=O) groups excluding carboxylic acids is 4. The summed E-state index contributed by atoms with van der Waals surface area (Å²) in [5, 5.41) is 4.77. The van der Waals surface area contributed by atoms with E-state index in [-0.39, 0.29) is 137 Å². The van der Waals surface area contributed by atoms with Crippen LogP contribution >= 0.6 is 23.5 Å². The lowest BCUT2D eigenvalue weighted by molar-refractivity contribution is -0.485. The fourth-order valence-electron chi connectivity index (χ4n) is 4.68. The van der Waals surface area contributed by atoms with E-state index in [1.807, 2.05) is 0 Å². The van der Waals surface area contributed by atoms with Gasteiger partial charge in [0.2, 0.25) is 0 Å². The molecular weight excluding hydrogens is 1030 g/mol. The highest BCUT2D eigenvalue weighted by atomic mass is 32.2. The van der Waals surface area contributed by atoms with Gasteiger partial charge in [-0.15, -0.1) is 0 Å². The number of ether oxygens (including phenoxy) is 7. The summed E-state index contributed by atoms with van der Waals surface area (Å²) in [6.07, 6.45) is -15.6. The van der Waals surface area contributed by atoms with Gasteiger partial charge in [0.15, 0.2) is 0 Å². The van der Waals surface area contributed by atoms with E-state index in [1.54, 1.807) is 0 Å². The molecule has 0 aromatic carbocycles. The number of nitrogens with zero attached hydrogens (tertiary/aromatic N) is 3. The lowest BCUT2D eigenvalue weighted by Crippen LogP contribution is -2.61. The van der Waals surface area contributed by atoms with Crippen LogP contribution in [-0.4, -0.2) is 157 Å². The smallest absolute Gasteiger partial charge is 0.430 e. The summed E-state index contributed by atoms with van der Waals surface area (Å²) in [7, 11) is 0. The second-order valence-corrected chi connectivity index (χ2v) is 16.6. The van der Waals surface area contributed by atoms with E-state index < -0.39 is 102 Å². The summed E-state index contributed by atoms with van der Waals surface area (Å²) in [5.41, 5.74) is -4.94. The van der Waals surface area contributed by atoms with Crippen molar-refractivity contribution >= 4 is 47.6 Å². The number of hydrogen-bond acceptors (Lipinski definition) is 16. The molecule has 71 heavy (non-hydrogen) atoms. The Kier molecular flexibility index (Phi) is 31.1. The topological polar surface area (TPSA) is 223 Å². The quantitative estimate of drug-likeness (QED) is 0.0280. The third-order valence-corrected chi connectivity index (χ3v) is 10.3. The number of nitrogens with one attached hydrogen (secondary N) is 2. The summed E-state index contributed by atoms with van der Waals surface area (Å²) in [6, 6.07) is 0. The molecule has 2 N–H and O–H groups in total. The van der Waals surface area contributed by atoms with Gasteiger partial charge in [0.25, 0.3) is 0 Å². The Balaban J connectivity index is 0. The van der Waals surface area contributed by atoms with E-state index >= 15 is 0 Å². The molecule has 0 radical (unpaired) electrons. The van der Waals surface area contributed by atoms with Crippen LogP contribution in [0.3, 0.4) is 0 Å². The zero-order chi connectivity index (χ0) is 52.6. The van der Waals surface area contributed by atoms with Crippen molar-refractivity contribution in [2.75, 3.05) is 89.0 Å². The standard InChI is InChI=1S/C38H53F10N5O14S2.2CH4/c1-25(2)27(54)63-16-14-61-12-8-49-29(56)65-18-22-68-20-6-10-51-31(58)52(11-7-21-69-23-19-66-30(57)50-9-13-62-15-17-64-28(55)26(3)4)33(60)53(32(51)59)24-35(41,42)37(45,46)67-38(47,48)36(43,44)34(5,39)40;;/h1,3,6-24H2,2,4-5H3,(H,49,56)(H,50,57);2*1H4. The van der Waals surface area contributed by atoms with Gasteiger partial charge in [-0.25, -0.2) is 52.0 Å². The van der Waals surface area contributed by atoms with Crippen molar-refractivity contribution in [3.8, 4) is 0 Å². The first-order valence-corrected chi connectivity index (χ1v) is 22.6. The van der Waals surface area contributed by atoms with E-state index in [4.69, 9.17) is 28.4 Å². The highest BCUT2D eigenvalue weighted by Crippen LogP contribution is 2.50. The van der Waals surface area contributed by atoms with Gasteiger partial charge in [-0.05, 0) is 38.2 Å². The highest BCUT2D eigenvalue weighted by molar-refractivity contribution is 7.99. The number of carbonyl (C=O) groups is 4. The third kappa shape index (κ3) is 23.6. The second kappa shape index (κ2) is 32.3. The Morgan fingerprint density at radius 3 is 1.30 bits per heavy atom. The van der Waals surface area contributed by atoms with Crippen molar-refractivity contribution < 1.29 is 96.2 Å².